The zero-order chi connectivity index (χ0) is 19.0. The molecule has 0 N–H and O–H groups in total. The van der Waals surface area contributed by atoms with E-state index >= 15 is 0 Å². The van der Waals surface area contributed by atoms with Crippen LogP contribution in [-0.2, 0) is 13.1 Å². The molecule has 3 heterocycles. The van der Waals surface area contributed by atoms with E-state index in [1.807, 2.05) is 61.5 Å². The van der Waals surface area contributed by atoms with Crippen molar-refractivity contribution in [2.45, 2.75) is 13.1 Å². The Morgan fingerprint density at radius 3 is 2.56 bits per heavy atom. The normalized spacial score (nSPS) is 11.7. The molecule has 0 aliphatic heterocycles. The molecule has 0 radical (unpaired) electrons. The third-order valence-corrected chi connectivity index (χ3v) is 5.71. The Morgan fingerprint density at radius 2 is 1.81 bits per heavy atom. The SMILES string of the molecule is CN(C)CCn1c(=O)n(Cc2ccccn2)c(=O)c2sc3ccccc3c21. The summed E-state index contributed by atoms with van der Waals surface area (Å²) in [7, 11) is 3.94. The zero-order valence-electron chi connectivity index (χ0n) is 15.3. The molecule has 4 rings (SSSR count). The van der Waals surface area contributed by atoms with E-state index in [1.54, 1.807) is 10.8 Å². The van der Waals surface area contributed by atoms with Gasteiger partial charge in [0, 0.05) is 29.4 Å². The van der Waals surface area contributed by atoms with E-state index in [4.69, 9.17) is 0 Å². The summed E-state index contributed by atoms with van der Waals surface area (Å²) in [5.74, 6) is 0. The van der Waals surface area contributed by atoms with Crippen molar-refractivity contribution >= 4 is 31.6 Å². The molecule has 0 aliphatic rings. The Kier molecular flexibility index (Phi) is 4.63. The number of pyridine rings is 1. The number of hydrogen-bond acceptors (Lipinski definition) is 5. The van der Waals surface area contributed by atoms with Crippen LogP contribution in [0.3, 0.4) is 0 Å². The Balaban J connectivity index is 2.00. The third-order valence-electron chi connectivity index (χ3n) is 4.56. The van der Waals surface area contributed by atoms with Crippen LogP contribution in [0.1, 0.15) is 5.69 Å². The fraction of sp³-hybridized carbons (Fsp3) is 0.250. The van der Waals surface area contributed by atoms with Crippen LogP contribution in [0.5, 0.6) is 0 Å². The molecule has 0 saturated carbocycles. The minimum absolute atomic E-state index is 0.171. The lowest BCUT2D eigenvalue weighted by atomic mass is 10.2. The van der Waals surface area contributed by atoms with Gasteiger partial charge in [0.15, 0.2) is 0 Å². The first-order valence-corrected chi connectivity index (χ1v) is 9.57. The highest BCUT2D eigenvalue weighted by atomic mass is 32.1. The van der Waals surface area contributed by atoms with E-state index in [2.05, 4.69) is 4.98 Å². The topological polar surface area (TPSA) is 60.1 Å². The summed E-state index contributed by atoms with van der Waals surface area (Å²) >= 11 is 1.44. The first-order chi connectivity index (χ1) is 13.1. The minimum Gasteiger partial charge on any atom is -0.308 e. The van der Waals surface area contributed by atoms with E-state index in [1.165, 1.54) is 15.9 Å². The van der Waals surface area contributed by atoms with Gasteiger partial charge in [0.25, 0.3) is 5.56 Å². The minimum atomic E-state index is -0.288. The maximum Gasteiger partial charge on any atom is 0.331 e. The molecule has 138 valence electrons. The number of likely N-dealkylation sites (N-methyl/N-ethyl adjacent to an activating group) is 1. The summed E-state index contributed by atoms with van der Waals surface area (Å²) in [5, 5.41) is 0.954. The number of nitrogens with zero attached hydrogens (tertiary/aromatic N) is 4. The fourth-order valence-electron chi connectivity index (χ4n) is 3.20. The van der Waals surface area contributed by atoms with Crippen LogP contribution in [0.2, 0.25) is 0 Å². The van der Waals surface area contributed by atoms with E-state index in [0.29, 0.717) is 23.5 Å². The summed E-state index contributed by atoms with van der Waals surface area (Å²) in [6.07, 6.45) is 1.67. The van der Waals surface area contributed by atoms with Crippen molar-refractivity contribution < 1.29 is 0 Å². The Hall–Kier alpha value is -2.77. The summed E-state index contributed by atoms with van der Waals surface area (Å²) in [6, 6.07) is 13.4. The molecule has 7 heteroatoms. The van der Waals surface area contributed by atoms with Gasteiger partial charge in [-0.1, -0.05) is 24.3 Å². The zero-order valence-corrected chi connectivity index (χ0v) is 16.1. The van der Waals surface area contributed by atoms with E-state index in [9.17, 15) is 9.59 Å². The highest BCUT2D eigenvalue weighted by molar-refractivity contribution is 7.25. The number of thiophene rings is 1. The molecule has 27 heavy (non-hydrogen) atoms. The average molecular weight is 380 g/mol. The molecule has 0 unspecified atom stereocenters. The van der Waals surface area contributed by atoms with Gasteiger partial charge in [-0.2, -0.15) is 0 Å². The molecule has 1 aromatic carbocycles. The first kappa shape index (κ1) is 17.6. The Morgan fingerprint density at radius 1 is 1.04 bits per heavy atom. The number of fused-ring (bicyclic) bond motifs is 3. The van der Waals surface area contributed by atoms with Crippen LogP contribution in [0.25, 0.3) is 20.3 Å². The number of benzene rings is 1. The van der Waals surface area contributed by atoms with Gasteiger partial charge < -0.3 is 4.90 Å². The number of aromatic nitrogens is 3. The predicted octanol–water partition coefficient (Wildman–Crippen LogP) is 2.38. The standard InChI is InChI=1S/C20H20N4O2S/c1-22(2)11-12-23-17-15-8-3-4-9-16(15)27-18(17)19(25)24(20(23)26)13-14-7-5-6-10-21-14/h3-10H,11-13H2,1-2H3. The van der Waals surface area contributed by atoms with Crippen molar-refractivity contribution in [3.8, 4) is 0 Å². The van der Waals surface area contributed by atoms with Gasteiger partial charge in [-0.3, -0.25) is 18.9 Å². The molecule has 6 nitrogen and oxygen atoms in total. The number of rotatable bonds is 5. The molecule has 0 bridgehead atoms. The molecule has 4 aromatic rings. The lowest BCUT2D eigenvalue weighted by Gasteiger charge is -2.15. The lowest BCUT2D eigenvalue weighted by Crippen LogP contribution is -2.41. The molecule has 3 aromatic heterocycles. The third kappa shape index (κ3) is 3.20. The van der Waals surface area contributed by atoms with Crippen molar-refractivity contribution in [2.24, 2.45) is 0 Å². The second-order valence-electron chi connectivity index (χ2n) is 6.73. The molecule has 0 saturated heterocycles. The molecular formula is C20H20N4O2S. The molecule has 0 amide bonds. The second-order valence-corrected chi connectivity index (χ2v) is 7.78. The van der Waals surface area contributed by atoms with Gasteiger partial charge in [0.1, 0.15) is 4.70 Å². The molecule has 0 aliphatic carbocycles. The smallest absolute Gasteiger partial charge is 0.308 e. The predicted molar refractivity (Wildman–Crippen MR) is 110 cm³/mol. The van der Waals surface area contributed by atoms with Crippen molar-refractivity contribution in [2.75, 3.05) is 20.6 Å². The average Bonchev–Trinajstić information content (AvgIpc) is 3.05. The van der Waals surface area contributed by atoms with Crippen LogP contribution in [0.4, 0.5) is 0 Å². The van der Waals surface area contributed by atoms with Crippen LogP contribution in [0, 0.1) is 0 Å². The second kappa shape index (κ2) is 7.09. The number of hydrogen-bond donors (Lipinski definition) is 0. The van der Waals surface area contributed by atoms with E-state index < -0.39 is 0 Å². The van der Waals surface area contributed by atoms with Crippen molar-refractivity contribution in [1.29, 1.82) is 0 Å². The van der Waals surface area contributed by atoms with Gasteiger partial charge in [0.05, 0.1) is 17.8 Å². The van der Waals surface area contributed by atoms with Gasteiger partial charge >= 0.3 is 5.69 Å². The maximum absolute atomic E-state index is 13.2. The Labute approximate surface area is 159 Å². The lowest BCUT2D eigenvalue weighted by molar-refractivity contribution is 0.380. The Bertz CT molecular complexity index is 1220. The molecule has 0 spiro atoms. The van der Waals surface area contributed by atoms with Gasteiger partial charge in [-0.05, 0) is 32.3 Å². The molecule has 0 fully saturated rings. The van der Waals surface area contributed by atoms with Crippen LogP contribution in [0.15, 0.2) is 58.3 Å². The van der Waals surface area contributed by atoms with E-state index in [0.717, 1.165) is 15.6 Å². The van der Waals surface area contributed by atoms with Crippen molar-refractivity contribution in [3.05, 3.63) is 75.2 Å². The van der Waals surface area contributed by atoms with Gasteiger partial charge in [0.2, 0.25) is 0 Å². The van der Waals surface area contributed by atoms with E-state index in [-0.39, 0.29) is 17.8 Å². The fourth-order valence-corrected chi connectivity index (χ4v) is 4.35. The van der Waals surface area contributed by atoms with Crippen molar-refractivity contribution in [1.82, 2.24) is 19.0 Å². The summed E-state index contributed by atoms with van der Waals surface area (Å²) in [5.41, 5.74) is 0.896. The summed E-state index contributed by atoms with van der Waals surface area (Å²) in [6.45, 7) is 1.40. The summed E-state index contributed by atoms with van der Waals surface area (Å²) < 4.78 is 4.66. The van der Waals surface area contributed by atoms with Crippen LogP contribution >= 0.6 is 11.3 Å². The van der Waals surface area contributed by atoms with Crippen LogP contribution < -0.4 is 11.2 Å². The van der Waals surface area contributed by atoms with Gasteiger partial charge in [-0.25, -0.2) is 4.79 Å². The molecular weight excluding hydrogens is 360 g/mol. The van der Waals surface area contributed by atoms with Crippen LogP contribution in [-0.4, -0.2) is 39.7 Å². The maximum atomic E-state index is 13.2. The monoisotopic (exact) mass is 380 g/mol. The largest absolute Gasteiger partial charge is 0.331 e. The quantitative estimate of drug-likeness (QED) is 0.533. The molecule has 0 atom stereocenters. The first-order valence-electron chi connectivity index (χ1n) is 8.76. The summed E-state index contributed by atoms with van der Waals surface area (Å²) in [4.78, 5) is 32.7. The van der Waals surface area contributed by atoms with Gasteiger partial charge in [-0.15, -0.1) is 11.3 Å². The highest BCUT2D eigenvalue weighted by Crippen LogP contribution is 2.30. The highest BCUT2D eigenvalue weighted by Gasteiger charge is 2.18. The van der Waals surface area contributed by atoms with Crippen molar-refractivity contribution in [3.63, 3.8) is 0 Å².